The Hall–Kier alpha value is -3.07. The molecule has 0 aliphatic carbocycles. The van der Waals surface area contributed by atoms with Crippen LogP contribution in [0.25, 0.3) is 0 Å². The first-order valence-corrected chi connectivity index (χ1v) is 24.4. The standard InChI is InChI=1S/C50H84NO8P/c1-6-8-10-12-14-16-18-20-22-24-25-27-29-31-33-35-37-39-41-43-50(53)59-48(47-58-60(54,55)57-45-44-51(3,4)5)46-56-49(52)42-40-38-36-34-32-30-28-26-23-21-19-17-15-13-11-9-7-2/h8,10,14,16,20-23,25,27-28,30-31,33-34,36,48H,6-7,9,11-13,15,17-19,24,26,29,32,35,37-47H2,1-5H3/b10-8+,16-14+,22-20+,23-21+,27-25+,30-28+,33-31+,36-34+/t48-/m1/s1. The Labute approximate surface area is 366 Å². The van der Waals surface area contributed by atoms with Gasteiger partial charge in [-0.3, -0.25) is 14.2 Å². The second-order valence-corrected chi connectivity index (χ2v) is 17.4. The van der Waals surface area contributed by atoms with Gasteiger partial charge in [0.15, 0.2) is 6.10 Å². The van der Waals surface area contributed by atoms with Gasteiger partial charge in [0.25, 0.3) is 7.82 Å². The highest BCUT2D eigenvalue weighted by Gasteiger charge is 2.21. The Kier molecular flexibility index (Phi) is 39.2. The van der Waals surface area contributed by atoms with Gasteiger partial charge in [-0.2, -0.15) is 0 Å². The number of carbonyl (C=O) groups excluding carboxylic acids is 2. The molecule has 0 aromatic heterocycles. The van der Waals surface area contributed by atoms with Crippen LogP contribution in [0.4, 0.5) is 0 Å². The van der Waals surface area contributed by atoms with E-state index in [0.717, 1.165) is 77.0 Å². The van der Waals surface area contributed by atoms with Gasteiger partial charge in [0.2, 0.25) is 0 Å². The van der Waals surface area contributed by atoms with Crippen molar-refractivity contribution in [3.05, 3.63) is 97.2 Å². The van der Waals surface area contributed by atoms with E-state index < -0.39 is 32.5 Å². The second kappa shape index (κ2) is 41.3. The number of rotatable bonds is 40. The SMILES string of the molecule is CC/C=C/C/C=C/C/C=C/C/C=C/C/C=C/CCCCCC(=O)O[C@H](COC(=O)CCC/C=C/C/C=C/C/C=C/CCCCCCCC)COP(=O)([O-])OCC[N+](C)(C)C. The van der Waals surface area contributed by atoms with Crippen LogP contribution >= 0.6 is 7.82 Å². The lowest BCUT2D eigenvalue weighted by molar-refractivity contribution is -0.870. The molecule has 0 aliphatic heterocycles. The zero-order chi connectivity index (χ0) is 44.3. The Morgan fingerprint density at radius 2 is 0.967 bits per heavy atom. The molecule has 1 unspecified atom stereocenters. The lowest BCUT2D eigenvalue weighted by Gasteiger charge is -2.28. The minimum atomic E-state index is -4.65. The van der Waals surface area contributed by atoms with Crippen LogP contribution in [-0.2, 0) is 32.7 Å². The highest BCUT2D eigenvalue weighted by Crippen LogP contribution is 2.38. The maximum Gasteiger partial charge on any atom is 0.306 e. The highest BCUT2D eigenvalue weighted by atomic mass is 31.2. The van der Waals surface area contributed by atoms with Crippen LogP contribution < -0.4 is 4.89 Å². The molecule has 0 saturated heterocycles. The van der Waals surface area contributed by atoms with Gasteiger partial charge in [-0.25, -0.2) is 0 Å². The molecule has 0 amide bonds. The van der Waals surface area contributed by atoms with E-state index in [9.17, 15) is 19.0 Å². The number of phosphoric ester groups is 1. The van der Waals surface area contributed by atoms with Crippen molar-refractivity contribution >= 4 is 19.8 Å². The molecular formula is C50H84NO8P. The van der Waals surface area contributed by atoms with Crippen molar-refractivity contribution < 1.29 is 42.1 Å². The summed E-state index contributed by atoms with van der Waals surface area (Å²) in [6.45, 7) is 3.98. The molecule has 0 bridgehead atoms. The van der Waals surface area contributed by atoms with E-state index in [0.29, 0.717) is 23.9 Å². The van der Waals surface area contributed by atoms with E-state index in [-0.39, 0.29) is 26.1 Å². The van der Waals surface area contributed by atoms with Crippen LogP contribution in [0, 0.1) is 0 Å². The lowest BCUT2D eigenvalue weighted by atomic mass is 10.1. The molecule has 0 aliphatic rings. The predicted octanol–water partition coefficient (Wildman–Crippen LogP) is 12.7. The molecule has 0 heterocycles. The quantitative estimate of drug-likeness (QED) is 0.0197. The lowest BCUT2D eigenvalue weighted by Crippen LogP contribution is -2.37. The third kappa shape index (κ3) is 44.5. The van der Waals surface area contributed by atoms with Gasteiger partial charge in [0, 0.05) is 12.8 Å². The molecule has 0 spiro atoms. The molecule has 0 aromatic rings. The number of nitrogens with zero attached hydrogens (tertiary/aromatic N) is 1. The van der Waals surface area contributed by atoms with E-state index in [2.05, 4.69) is 111 Å². The Bertz CT molecular complexity index is 1340. The van der Waals surface area contributed by atoms with Crippen LogP contribution in [0.2, 0.25) is 0 Å². The molecule has 0 N–H and O–H groups in total. The maximum atomic E-state index is 12.7. The highest BCUT2D eigenvalue weighted by molar-refractivity contribution is 7.45. The Morgan fingerprint density at radius 3 is 1.47 bits per heavy atom. The number of quaternary nitrogens is 1. The molecule has 0 aromatic carbocycles. The summed E-state index contributed by atoms with van der Waals surface area (Å²) in [6, 6.07) is 0. The number of carbonyl (C=O) groups is 2. The van der Waals surface area contributed by atoms with Gasteiger partial charge in [-0.05, 0) is 89.9 Å². The summed E-state index contributed by atoms with van der Waals surface area (Å²) in [5.41, 5.74) is 0. The van der Waals surface area contributed by atoms with Gasteiger partial charge >= 0.3 is 11.9 Å². The molecule has 60 heavy (non-hydrogen) atoms. The predicted molar refractivity (Wildman–Crippen MR) is 249 cm³/mol. The zero-order valence-electron chi connectivity index (χ0n) is 38.4. The number of phosphoric acid groups is 1. The molecule has 0 radical (unpaired) electrons. The number of hydrogen-bond acceptors (Lipinski definition) is 8. The summed E-state index contributed by atoms with van der Waals surface area (Å²) in [5, 5.41) is 0. The fourth-order valence-electron chi connectivity index (χ4n) is 5.52. The molecule has 0 saturated carbocycles. The number of hydrogen-bond donors (Lipinski definition) is 0. The molecule has 10 heteroatoms. The summed E-state index contributed by atoms with van der Waals surface area (Å²) >= 11 is 0. The molecule has 0 rings (SSSR count). The van der Waals surface area contributed by atoms with E-state index in [4.69, 9.17) is 18.5 Å². The summed E-state index contributed by atoms with van der Waals surface area (Å²) in [4.78, 5) is 37.6. The van der Waals surface area contributed by atoms with Gasteiger partial charge in [0.05, 0.1) is 27.7 Å². The van der Waals surface area contributed by atoms with Gasteiger partial charge < -0.3 is 27.9 Å². The number of allylic oxidation sites excluding steroid dienone is 16. The largest absolute Gasteiger partial charge is 0.756 e. The first-order valence-electron chi connectivity index (χ1n) is 22.9. The minimum Gasteiger partial charge on any atom is -0.756 e. The summed E-state index contributed by atoms with van der Waals surface area (Å²) in [6.07, 6.45) is 54.4. The van der Waals surface area contributed by atoms with Gasteiger partial charge in [0.1, 0.15) is 19.8 Å². The molecule has 0 fully saturated rings. The van der Waals surface area contributed by atoms with E-state index in [1.54, 1.807) is 0 Å². The third-order valence-corrected chi connectivity index (χ3v) is 10.1. The maximum absolute atomic E-state index is 12.7. The van der Waals surface area contributed by atoms with Crippen LogP contribution in [0.5, 0.6) is 0 Å². The molecule has 9 nitrogen and oxygen atoms in total. The van der Waals surface area contributed by atoms with E-state index in [1.807, 2.05) is 21.1 Å². The monoisotopic (exact) mass is 858 g/mol. The first kappa shape index (κ1) is 56.9. The Balaban J connectivity index is 4.51. The van der Waals surface area contributed by atoms with E-state index in [1.165, 1.54) is 38.5 Å². The zero-order valence-corrected chi connectivity index (χ0v) is 39.3. The van der Waals surface area contributed by atoms with Crippen LogP contribution in [0.3, 0.4) is 0 Å². The fourth-order valence-corrected chi connectivity index (χ4v) is 6.25. The number of unbranched alkanes of at least 4 members (excludes halogenated alkanes) is 10. The number of esters is 2. The number of ether oxygens (including phenoxy) is 2. The van der Waals surface area contributed by atoms with Gasteiger partial charge in [-0.1, -0.05) is 150 Å². The van der Waals surface area contributed by atoms with Crippen LogP contribution in [0.15, 0.2) is 97.2 Å². The second-order valence-electron chi connectivity index (χ2n) is 16.0. The van der Waals surface area contributed by atoms with Crippen molar-refractivity contribution in [3.63, 3.8) is 0 Å². The fraction of sp³-hybridized carbons (Fsp3) is 0.640. The topological polar surface area (TPSA) is 111 Å². The average molecular weight is 858 g/mol. The van der Waals surface area contributed by atoms with Crippen LogP contribution in [-0.4, -0.2) is 70.0 Å². The Morgan fingerprint density at radius 1 is 0.533 bits per heavy atom. The van der Waals surface area contributed by atoms with Crippen molar-refractivity contribution in [1.82, 2.24) is 0 Å². The van der Waals surface area contributed by atoms with E-state index >= 15 is 0 Å². The smallest absolute Gasteiger partial charge is 0.306 e. The summed E-state index contributed by atoms with van der Waals surface area (Å²) in [5.74, 6) is -0.943. The summed E-state index contributed by atoms with van der Waals surface area (Å²) < 4.78 is 33.8. The van der Waals surface area contributed by atoms with Crippen molar-refractivity contribution in [1.29, 1.82) is 0 Å². The van der Waals surface area contributed by atoms with Crippen molar-refractivity contribution in [2.24, 2.45) is 0 Å². The average Bonchev–Trinajstić information content (AvgIpc) is 3.20. The normalized spacial score (nSPS) is 14.4. The van der Waals surface area contributed by atoms with Crippen molar-refractivity contribution in [2.45, 2.75) is 161 Å². The minimum absolute atomic E-state index is 0.0508. The molecular weight excluding hydrogens is 774 g/mol. The first-order chi connectivity index (χ1) is 29.0. The molecule has 342 valence electrons. The van der Waals surface area contributed by atoms with Crippen molar-refractivity contribution in [3.8, 4) is 0 Å². The molecule has 2 atom stereocenters. The number of likely N-dealkylation sites (N-methyl/N-ethyl adjacent to an activating group) is 1. The van der Waals surface area contributed by atoms with Crippen LogP contribution in [0.1, 0.15) is 155 Å². The third-order valence-electron chi connectivity index (χ3n) is 9.09. The van der Waals surface area contributed by atoms with Gasteiger partial charge in [-0.15, -0.1) is 0 Å². The summed E-state index contributed by atoms with van der Waals surface area (Å²) in [7, 11) is 1.10. The van der Waals surface area contributed by atoms with Crippen molar-refractivity contribution in [2.75, 3.05) is 47.5 Å².